The number of aromatic nitrogens is 2. The predicted octanol–water partition coefficient (Wildman–Crippen LogP) is 15.2. The minimum atomic E-state index is 0.695. The minimum Gasteiger partial charge on any atom is -0.228 e. The predicted molar refractivity (Wildman–Crippen MR) is 243 cm³/mol. The molecule has 0 saturated carbocycles. The lowest BCUT2D eigenvalue weighted by molar-refractivity contribution is 1.18. The van der Waals surface area contributed by atoms with Crippen LogP contribution < -0.4 is 0 Å². The van der Waals surface area contributed by atoms with Gasteiger partial charge in [-0.3, -0.25) is 0 Å². The Morgan fingerprint density at radius 1 is 0.298 bits per heavy atom. The highest BCUT2D eigenvalue weighted by Gasteiger charge is 2.18. The number of benzene rings is 9. The Morgan fingerprint density at radius 2 is 0.877 bits per heavy atom. The second-order valence-corrected chi connectivity index (χ2v) is 15.6. The Labute approximate surface area is 335 Å². The smallest absolute Gasteiger partial charge is 0.160 e. The Bertz CT molecular complexity index is 3310. The van der Waals surface area contributed by atoms with Crippen molar-refractivity contribution >= 4 is 53.1 Å². The molecule has 0 aliphatic carbocycles. The summed E-state index contributed by atoms with van der Waals surface area (Å²) in [7, 11) is 0. The summed E-state index contributed by atoms with van der Waals surface area (Å²) in [4.78, 5) is 10.6. The van der Waals surface area contributed by atoms with E-state index in [1.54, 1.807) is 0 Å². The average molecular weight is 743 g/mol. The molecule has 0 amide bonds. The molecule has 2 nitrogen and oxygen atoms in total. The molecule has 0 saturated heterocycles. The number of thiophene rings is 1. The molecule has 0 bridgehead atoms. The second-order valence-electron chi connectivity index (χ2n) is 14.6. The third-order valence-corrected chi connectivity index (χ3v) is 12.3. The van der Waals surface area contributed by atoms with Crippen LogP contribution in [0, 0.1) is 0 Å². The van der Waals surface area contributed by atoms with E-state index in [0.717, 1.165) is 50.3 Å². The van der Waals surface area contributed by atoms with Crippen molar-refractivity contribution in [1.29, 1.82) is 0 Å². The second kappa shape index (κ2) is 13.8. The Kier molecular flexibility index (Phi) is 8.04. The van der Waals surface area contributed by atoms with Gasteiger partial charge >= 0.3 is 0 Å². The molecule has 0 N–H and O–H groups in total. The molecule has 0 aliphatic rings. The van der Waals surface area contributed by atoms with E-state index in [4.69, 9.17) is 9.97 Å². The number of fused-ring (bicyclic) bond motifs is 5. The van der Waals surface area contributed by atoms with Crippen molar-refractivity contribution in [3.63, 3.8) is 0 Å². The highest BCUT2D eigenvalue weighted by Crippen LogP contribution is 2.43. The van der Waals surface area contributed by atoms with Gasteiger partial charge in [-0.15, -0.1) is 11.3 Å². The molecule has 266 valence electrons. The first-order valence-corrected chi connectivity index (χ1v) is 20.1. The van der Waals surface area contributed by atoms with E-state index in [0.29, 0.717) is 5.82 Å². The van der Waals surface area contributed by atoms with Crippen LogP contribution in [0.15, 0.2) is 206 Å². The van der Waals surface area contributed by atoms with Crippen LogP contribution in [0.3, 0.4) is 0 Å². The van der Waals surface area contributed by atoms with Crippen LogP contribution in [0.1, 0.15) is 0 Å². The molecular weight excluding hydrogens is 709 g/mol. The first-order valence-electron chi connectivity index (χ1n) is 19.3. The fourth-order valence-electron chi connectivity index (χ4n) is 8.21. The van der Waals surface area contributed by atoms with Crippen molar-refractivity contribution < 1.29 is 0 Å². The van der Waals surface area contributed by atoms with Crippen LogP contribution in [-0.2, 0) is 0 Å². The molecule has 2 heterocycles. The molecule has 0 atom stereocenters. The molecule has 3 heteroatoms. The van der Waals surface area contributed by atoms with E-state index in [9.17, 15) is 0 Å². The minimum absolute atomic E-state index is 0.695. The zero-order valence-corrected chi connectivity index (χ0v) is 31.7. The third kappa shape index (κ3) is 6.06. The fraction of sp³-hybridized carbons (Fsp3) is 0. The summed E-state index contributed by atoms with van der Waals surface area (Å²) in [6, 6.07) is 74.1. The van der Waals surface area contributed by atoms with Gasteiger partial charge in [0.25, 0.3) is 0 Å². The van der Waals surface area contributed by atoms with Crippen molar-refractivity contribution in [1.82, 2.24) is 9.97 Å². The Morgan fingerprint density at radius 3 is 1.68 bits per heavy atom. The number of nitrogens with zero attached hydrogens (tertiary/aromatic N) is 2. The van der Waals surface area contributed by atoms with Gasteiger partial charge in [0.15, 0.2) is 5.82 Å². The molecular formula is C54H34N2S. The van der Waals surface area contributed by atoms with Gasteiger partial charge in [0.2, 0.25) is 0 Å². The lowest BCUT2D eigenvalue weighted by atomic mass is 9.92. The number of hydrogen-bond donors (Lipinski definition) is 0. The molecule has 0 unspecified atom stereocenters. The van der Waals surface area contributed by atoms with E-state index in [2.05, 4.69) is 200 Å². The van der Waals surface area contributed by atoms with Crippen LogP contribution in [0.4, 0.5) is 0 Å². The summed E-state index contributed by atoms with van der Waals surface area (Å²) in [6.07, 6.45) is 0. The summed E-state index contributed by atoms with van der Waals surface area (Å²) in [5.41, 5.74) is 11.8. The van der Waals surface area contributed by atoms with E-state index < -0.39 is 0 Å². The topological polar surface area (TPSA) is 25.8 Å². The molecule has 0 radical (unpaired) electrons. The maximum Gasteiger partial charge on any atom is 0.160 e. The first kappa shape index (κ1) is 33.2. The SMILES string of the molecule is c1ccc(-c2nc(-c3cc(-c4ccc5ccccc5c4)cc(-c4cccc5c4sc4ccccc45)c3)cc(-c3ccccc3-c3ccc4ccccc4c3)n2)cc1. The van der Waals surface area contributed by atoms with Crippen LogP contribution >= 0.6 is 11.3 Å². The quantitative estimate of drug-likeness (QED) is 0.170. The van der Waals surface area contributed by atoms with Crippen molar-refractivity contribution in [2.75, 3.05) is 0 Å². The third-order valence-electron chi connectivity index (χ3n) is 11.0. The summed E-state index contributed by atoms with van der Waals surface area (Å²) in [5, 5.41) is 7.46. The van der Waals surface area contributed by atoms with Gasteiger partial charge in [-0.25, -0.2) is 9.97 Å². The van der Waals surface area contributed by atoms with Crippen LogP contribution in [0.2, 0.25) is 0 Å². The number of hydrogen-bond acceptors (Lipinski definition) is 3. The molecule has 0 aliphatic heterocycles. The first-order chi connectivity index (χ1) is 28.2. The van der Waals surface area contributed by atoms with Gasteiger partial charge < -0.3 is 0 Å². The van der Waals surface area contributed by atoms with Gasteiger partial charge in [0, 0.05) is 36.9 Å². The monoisotopic (exact) mass is 742 g/mol. The van der Waals surface area contributed by atoms with E-state index >= 15 is 0 Å². The van der Waals surface area contributed by atoms with Crippen molar-refractivity contribution in [3.8, 4) is 67.3 Å². The molecule has 11 aromatic rings. The summed E-state index contributed by atoms with van der Waals surface area (Å²) < 4.78 is 2.59. The molecule has 0 spiro atoms. The average Bonchev–Trinajstić information content (AvgIpc) is 3.68. The van der Waals surface area contributed by atoms with E-state index in [-0.39, 0.29) is 0 Å². The molecule has 2 aromatic heterocycles. The van der Waals surface area contributed by atoms with Gasteiger partial charge in [-0.1, -0.05) is 164 Å². The van der Waals surface area contributed by atoms with Gasteiger partial charge in [-0.05, 0) is 97.4 Å². The highest BCUT2D eigenvalue weighted by atomic mass is 32.1. The number of rotatable bonds is 6. The largest absolute Gasteiger partial charge is 0.228 e. The normalized spacial score (nSPS) is 11.5. The summed E-state index contributed by atoms with van der Waals surface area (Å²) in [5.74, 6) is 0.695. The van der Waals surface area contributed by atoms with Crippen LogP contribution in [0.25, 0.3) is 109 Å². The van der Waals surface area contributed by atoms with E-state index in [1.165, 1.54) is 52.8 Å². The standard InChI is InChI=1S/C54H34N2S/c1-2-15-37(16-3-1)54-55-50(34-51(56-54)47-20-9-8-19-45(47)41-28-26-36-14-5-7-18-39(36)30-41)44-32-42(40-27-25-35-13-4-6-17-38(35)29-40)31-43(33-44)46-22-12-23-49-48-21-10-11-24-52(48)57-53(46)49/h1-34H. The lowest BCUT2D eigenvalue weighted by Crippen LogP contribution is -1.97. The fourth-order valence-corrected chi connectivity index (χ4v) is 9.44. The lowest BCUT2D eigenvalue weighted by Gasteiger charge is -2.15. The Hall–Kier alpha value is -7.20. The molecule has 57 heavy (non-hydrogen) atoms. The Balaban J connectivity index is 1.15. The maximum absolute atomic E-state index is 5.35. The molecule has 0 fully saturated rings. The van der Waals surface area contributed by atoms with Crippen LogP contribution in [0.5, 0.6) is 0 Å². The van der Waals surface area contributed by atoms with Crippen molar-refractivity contribution in [2.45, 2.75) is 0 Å². The van der Waals surface area contributed by atoms with Crippen LogP contribution in [-0.4, -0.2) is 9.97 Å². The van der Waals surface area contributed by atoms with Gasteiger partial charge in [0.1, 0.15) is 0 Å². The highest BCUT2D eigenvalue weighted by molar-refractivity contribution is 7.26. The molecule has 9 aromatic carbocycles. The van der Waals surface area contributed by atoms with Crippen molar-refractivity contribution in [2.24, 2.45) is 0 Å². The van der Waals surface area contributed by atoms with Gasteiger partial charge in [0.05, 0.1) is 11.4 Å². The van der Waals surface area contributed by atoms with Gasteiger partial charge in [-0.2, -0.15) is 0 Å². The zero-order valence-electron chi connectivity index (χ0n) is 30.9. The molecule has 11 rings (SSSR count). The van der Waals surface area contributed by atoms with E-state index in [1.807, 2.05) is 17.4 Å². The van der Waals surface area contributed by atoms with Crippen molar-refractivity contribution in [3.05, 3.63) is 206 Å². The maximum atomic E-state index is 5.35. The zero-order chi connectivity index (χ0) is 37.7. The summed E-state index contributed by atoms with van der Waals surface area (Å²) >= 11 is 1.86. The summed E-state index contributed by atoms with van der Waals surface area (Å²) in [6.45, 7) is 0.